The van der Waals surface area contributed by atoms with E-state index in [0.717, 1.165) is 12.1 Å². The first kappa shape index (κ1) is 15.8. The molecular weight excluding hydrogens is 299 g/mol. The summed E-state index contributed by atoms with van der Waals surface area (Å²) in [5.41, 5.74) is 0.636. The fourth-order valence-corrected chi connectivity index (χ4v) is 1.98. The molecule has 0 unspecified atom stereocenters. The first-order valence-electron chi connectivity index (χ1n) is 6.23. The van der Waals surface area contributed by atoms with Gasteiger partial charge in [0.05, 0.1) is 19.1 Å². The molecule has 0 atom stereocenters. The highest BCUT2D eigenvalue weighted by Crippen LogP contribution is 2.31. The van der Waals surface area contributed by atoms with E-state index in [1.165, 1.54) is 25.4 Å². The van der Waals surface area contributed by atoms with Crippen molar-refractivity contribution in [1.82, 2.24) is 4.98 Å². The van der Waals surface area contributed by atoms with Crippen molar-refractivity contribution < 1.29 is 27.8 Å². The molecule has 0 aliphatic heterocycles. The Balaban J connectivity index is 2.38. The van der Waals surface area contributed by atoms with E-state index < -0.39 is 17.7 Å². The second-order valence-electron chi connectivity index (χ2n) is 4.54. The second kappa shape index (κ2) is 6.05. The quantitative estimate of drug-likeness (QED) is 0.940. The maximum Gasteiger partial charge on any atom is 0.416 e. The molecule has 2 rings (SSSR count). The number of hydrogen-bond donors (Lipinski definition) is 1. The normalized spacial score (nSPS) is 11.3. The number of aliphatic carboxylic acids is 1. The molecule has 22 heavy (non-hydrogen) atoms. The lowest BCUT2D eigenvalue weighted by Gasteiger charge is -2.10. The summed E-state index contributed by atoms with van der Waals surface area (Å²) in [4.78, 5) is 14.8. The molecule has 0 saturated carbocycles. The van der Waals surface area contributed by atoms with Gasteiger partial charge in [0.25, 0.3) is 0 Å². The van der Waals surface area contributed by atoms with Crippen LogP contribution >= 0.6 is 0 Å². The van der Waals surface area contributed by atoms with Crippen LogP contribution in [0.25, 0.3) is 11.1 Å². The van der Waals surface area contributed by atoms with Crippen LogP contribution in [0.5, 0.6) is 5.88 Å². The third-order valence-electron chi connectivity index (χ3n) is 3.01. The van der Waals surface area contributed by atoms with Gasteiger partial charge in [-0.05, 0) is 23.8 Å². The molecule has 1 heterocycles. The molecule has 0 spiro atoms. The van der Waals surface area contributed by atoms with Crippen molar-refractivity contribution in [2.75, 3.05) is 7.11 Å². The van der Waals surface area contributed by atoms with E-state index in [4.69, 9.17) is 9.84 Å². The van der Waals surface area contributed by atoms with Crippen LogP contribution in [-0.2, 0) is 17.4 Å². The van der Waals surface area contributed by atoms with Crippen LogP contribution in [0, 0.1) is 0 Å². The number of nitrogens with zero attached hydrogens (tertiary/aromatic N) is 1. The summed E-state index contributed by atoms with van der Waals surface area (Å²) in [7, 11) is 1.37. The molecular formula is C15H12F3NO3. The van der Waals surface area contributed by atoms with Gasteiger partial charge >= 0.3 is 12.1 Å². The van der Waals surface area contributed by atoms with Crippen molar-refractivity contribution in [3.63, 3.8) is 0 Å². The third kappa shape index (κ3) is 3.55. The van der Waals surface area contributed by atoms with Crippen LogP contribution in [-0.4, -0.2) is 23.2 Å². The Kier molecular flexibility index (Phi) is 4.35. The molecule has 1 aromatic heterocycles. The first-order chi connectivity index (χ1) is 10.3. The zero-order chi connectivity index (χ0) is 16.3. The summed E-state index contributed by atoms with van der Waals surface area (Å²) in [5.74, 6) is -0.872. The van der Waals surface area contributed by atoms with Crippen LogP contribution in [0.3, 0.4) is 0 Å². The van der Waals surface area contributed by atoms with Crippen molar-refractivity contribution in [2.45, 2.75) is 12.6 Å². The van der Waals surface area contributed by atoms with Gasteiger partial charge in [-0.2, -0.15) is 13.2 Å². The maximum absolute atomic E-state index is 12.5. The van der Waals surface area contributed by atoms with Gasteiger partial charge in [-0.1, -0.05) is 12.1 Å². The van der Waals surface area contributed by atoms with E-state index in [9.17, 15) is 18.0 Å². The monoisotopic (exact) mass is 311 g/mol. The molecule has 0 saturated heterocycles. The highest BCUT2D eigenvalue weighted by Gasteiger charge is 2.30. The van der Waals surface area contributed by atoms with E-state index in [2.05, 4.69) is 4.98 Å². The predicted octanol–water partition coefficient (Wildman–Crippen LogP) is 3.40. The van der Waals surface area contributed by atoms with Gasteiger partial charge in [-0.3, -0.25) is 4.79 Å². The lowest BCUT2D eigenvalue weighted by molar-refractivity contribution is -0.138. The number of hydrogen-bond acceptors (Lipinski definition) is 3. The topological polar surface area (TPSA) is 59.4 Å². The molecule has 1 N–H and O–H groups in total. The highest BCUT2D eigenvalue weighted by molar-refractivity contribution is 5.73. The molecule has 0 fully saturated rings. The Bertz CT molecular complexity index is 681. The average molecular weight is 311 g/mol. The Hall–Kier alpha value is -2.57. The fraction of sp³-hybridized carbons (Fsp3) is 0.200. The number of ether oxygens (including phenoxy) is 1. The molecule has 116 valence electrons. The summed E-state index contributed by atoms with van der Waals surface area (Å²) in [6.07, 6.45) is -3.26. The van der Waals surface area contributed by atoms with E-state index in [-0.39, 0.29) is 12.3 Å². The van der Waals surface area contributed by atoms with Crippen molar-refractivity contribution in [2.24, 2.45) is 0 Å². The minimum absolute atomic E-state index is 0.179. The van der Waals surface area contributed by atoms with Gasteiger partial charge in [0.1, 0.15) is 0 Å². The molecule has 2 aromatic rings. The number of alkyl halides is 3. The number of rotatable bonds is 4. The minimum atomic E-state index is -4.40. The summed E-state index contributed by atoms with van der Waals surface area (Å²) < 4.78 is 42.6. The van der Waals surface area contributed by atoms with Crippen LogP contribution in [0.4, 0.5) is 13.2 Å². The average Bonchev–Trinajstić information content (AvgIpc) is 2.46. The molecule has 0 radical (unpaired) electrons. The Morgan fingerprint density at radius 3 is 2.36 bits per heavy atom. The van der Waals surface area contributed by atoms with Crippen LogP contribution in [0.1, 0.15) is 11.1 Å². The smallest absolute Gasteiger partial charge is 0.416 e. The molecule has 0 amide bonds. The summed E-state index contributed by atoms with van der Waals surface area (Å²) >= 11 is 0. The predicted molar refractivity (Wildman–Crippen MR) is 72.6 cm³/mol. The maximum atomic E-state index is 12.5. The zero-order valence-electron chi connectivity index (χ0n) is 11.5. The second-order valence-corrected chi connectivity index (χ2v) is 4.54. The third-order valence-corrected chi connectivity index (χ3v) is 3.01. The first-order valence-corrected chi connectivity index (χ1v) is 6.23. The van der Waals surface area contributed by atoms with Gasteiger partial charge in [-0.25, -0.2) is 4.98 Å². The minimum Gasteiger partial charge on any atom is -0.481 e. The number of carboxylic acids is 1. The van der Waals surface area contributed by atoms with E-state index in [1.807, 2.05) is 0 Å². The lowest BCUT2D eigenvalue weighted by atomic mass is 10.0. The van der Waals surface area contributed by atoms with Crippen molar-refractivity contribution in [3.05, 3.63) is 47.7 Å². The number of halogens is 3. The number of pyridine rings is 1. The lowest BCUT2D eigenvalue weighted by Crippen LogP contribution is -2.05. The van der Waals surface area contributed by atoms with E-state index >= 15 is 0 Å². The van der Waals surface area contributed by atoms with Crippen LogP contribution in [0.2, 0.25) is 0 Å². The summed E-state index contributed by atoms with van der Waals surface area (Å²) in [6.45, 7) is 0. The van der Waals surface area contributed by atoms with Crippen LogP contribution in [0.15, 0.2) is 36.5 Å². The molecule has 1 aromatic carbocycles. The zero-order valence-corrected chi connectivity index (χ0v) is 11.5. The van der Waals surface area contributed by atoms with E-state index in [0.29, 0.717) is 16.7 Å². The van der Waals surface area contributed by atoms with Gasteiger partial charge in [0.15, 0.2) is 0 Å². The van der Waals surface area contributed by atoms with Gasteiger partial charge in [0.2, 0.25) is 5.88 Å². The van der Waals surface area contributed by atoms with Crippen molar-refractivity contribution in [1.29, 1.82) is 0 Å². The van der Waals surface area contributed by atoms with Gasteiger partial charge in [-0.15, -0.1) is 0 Å². The Morgan fingerprint density at radius 1 is 1.23 bits per heavy atom. The summed E-state index contributed by atoms with van der Waals surface area (Å²) in [5, 5.41) is 8.87. The Labute approximate surface area is 124 Å². The highest BCUT2D eigenvalue weighted by atomic mass is 19.4. The molecule has 0 aliphatic carbocycles. The fourth-order valence-electron chi connectivity index (χ4n) is 1.98. The largest absolute Gasteiger partial charge is 0.481 e. The van der Waals surface area contributed by atoms with Gasteiger partial charge in [0, 0.05) is 17.3 Å². The van der Waals surface area contributed by atoms with Crippen molar-refractivity contribution in [3.8, 4) is 17.0 Å². The Morgan fingerprint density at radius 2 is 1.86 bits per heavy atom. The number of methoxy groups -OCH3 is 1. The number of carboxylic acid groups (broad SMARTS) is 1. The van der Waals surface area contributed by atoms with Crippen molar-refractivity contribution >= 4 is 5.97 Å². The van der Waals surface area contributed by atoms with Gasteiger partial charge < -0.3 is 9.84 Å². The molecule has 7 heteroatoms. The number of benzene rings is 1. The van der Waals surface area contributed by atoms with Crippen LogP contribution < -0.4 is 4.74 Å². The van der Waals surface area contributed by atoms with E-state index in [1.54, 1.807) is 6.07 Å². The summed E-state index contributed by atoms with van der Waals surface area (Å²) in [6, 6.07) is 6.11. The standard InChI is InChI=1S/C15H12F3NO3/c1-22-14-10(7-13(20)21)6-11(8-19-14)9-2-4-12(5-3-9)15(16,17)18/h2-6,8H,7H2,1H3,(H,20,21). The molecule has 0 aliphatic rings. The SMILES string of the molecule is COc1ncc(-c2ccc(C(F)(F)F)cc2)cc1CC(=O)O. The number of carbonyl (C=O) groups is 1. The molecule has 4 nitrogen and oxygen atoms in total. The number of aromatic nitrogens is 1. The molecule has 0 bridgehead atoms.